The molecule has 1 saturated carbocycles. The highest BCUT2D eigenvalue weighted by Crippen LogP contribution is 2.30. The number of anilines is 1. The number of nitrogens with two attached hydrogens (primary N) is 1. The van der Waals surface area contributed by atoms with Crippen LogP contribution in [-0.4, -0.2) is 18.0 Å². The van der Waals surface area contributed by atoms with Crippen molar-refractivity contribution in [3.63, 3.8) is 0 Å². The van der Waals surface area contributed by atoms with Gasteiger partial charge in [-0.2, -0.15) is 0 Å². The van der Waals surface area contributed by atoms with Gasteiger partial charge in [0.1, 0.15) is 0 Å². The van der Waals surface area contributed by atoms with Crippen LogP contribution in [0.4, 0.5) is 5.69 Å². The molecular weight excluding hydrogens is 391 g/mol. The lowest BCUT2D eigenvalue weighted by atomic mass is 9.94. The summed E-state index contributed by atoms with van der Waals surface area (Å²) >= 11 is 7.04. The van der Waals surface area contributed by atoms with Crippen molar-refractivity contribution >= 4 is 50.0 Å². The number of halogens is 3. The van der Waals surface area contributed by atoms with Crippen molar-refractivity contribution in [1.29, 1.82) is 0 Å². The van der Waals surface area contributed by atoms with Gasteiger partial charge in [0, 0.05) is 21.5 Å². The maximum absolute atomic E-state index is 6.13. The molecule has 2 nitrogen and oxygen atoms in total. The predicted molar refractivity (Wildman–Crippen MR) is 91.8 cm³/mol. The summed E-state index contributed by atoms with van der Waals surface area (Å²) in [6.07, 6.45) is 6.78. The lowest BCUT2D eigenvalue weighted by molar-refractivity contribution is 0.185. The Hall–Kier alpha value is 0.230. The van der Waals surface area contributed by atoms with Crippen LogP contribution in [0.25, 0.3) is 0 Å². The van der Waals surface area contributed by atoms with Gasteiger partial charge < -0.3 is 5.73 Å². The Bertz CT molecular complexity index is 420. The lowest BCUT2D eigenvalue weighted by Crippen LogP contribution is -2.33. The first-order valence-electron chi connectivity index (χ1n) is 6.51. The third-order valence-electron chi connectivity index (χ3n) is 3.80. The van der Waals surface area contributed by atoms with Crippen molar-refractivity contribution in [3.05, 3.63) is 26.6 Å². The summed E-state index contributed by atoms with van der Waals surface area (Å²) in [6, 6.07) is 4.84. The number of hydrogen-bond donors (Lipinski definition) is 1. The highest BCUT2D eigenvalue weighted by atomic mass is 79.9. The Morgan fingerprint density at radius 1 is 1.21 bits per heavy atom. The van der Waals surface area contributed by atoms with Crippen LogP contribution in [0.3, 0.4) is 0 Å². The second-order valence-corrected chi connectivity index (χ2v) is 6.94. The Labute approximate surface area is 138 Å². The quantitative estimate of drug-likeness (QED) is 0.710. The third-order valence-corrected chi connectivity index (χ3v) is 4.91. The van der Waals surface area contributed by atoms with Gasteiger partial charge in [0.05, 0.1) is 5.69 Å². The molecule has 0 radical (unpaired) electrons. The maximum atomic E-state index is 6.13. The second kappa shape index (κ2) is 7.87. The van der Waals surface area contributed by atoms with Crippen molar-refractivity contribution in [3.8, 4) is 0 Å². The van der Waals surface area contributed by atoms with Gasteiger partial charge in [-0.05, 0) is 53.5 Å². The van der Waals surface area contributed by atoms with Gasteiger partial charge in [-0.25, -0.2) is 0 Å². The van der Waals surface area contributed by atoms with E-state index < -0.39 is 0 Å². The smallest absolute Gasteiger partial charge is 0.0504 e. The summed E-state index contributed by atoms with van der Waals surface area (Å²) in [5.41, 5.74) is 8.20. The van der Waals surface area contributed by atoms with Crippen molar-refractivity contribution in [2.45, 2.75) is 44.7 Å². The van der Waals surface area contributed by atoms with Crippen LogP contribution >= 0.6 is 44.3 Å². The molecule has 0 atom stereocenters. The summed E-state index contributed by atoms with van der Waals surface area (Å²) in [4.78, 5) is 2.45. The molecule has 0 amide bonds. The fourth-order valence-electron chi connectivity index (χ4n) is 2.69. The summed E-state index contributed by atoms with van der Waals surface area (Å²) < 4.78 is 2.06. The van der Waals surface area contributed by atoms with Crippen molar-refractivity contribution in [1.82, 2.24) is 4.90 Å². The molecule has 108 valence electrons. The molecule has 2 N–H and O–H groups in total. The van der Waals surface area contributed by atoms with Gasteiger partial charge in [-0.1, -0.05) is 35.2 Å². The zero-order valence-corrected chi connectivity index (χ0v) is 15.2. The second-order valence-electron chi connectivity index (χ2n) is 5.17. The number of nitrogen functional groups attached to an aromatic ring is 1. The molecule has 0 spiro atoms. The molecule has 0 heterocycles. The van der Waals surface area contributed by atoms with Crippen LogP contribution in [0.2, 0.25) is 0 Å². The van der Waals surface area contributed by atoms with Crippen LogP contribution in [-0.2, 0) is 6.54 Å². The van der Waals surface area contributed by atoms with E-state index in [0.29, 0.717) is 0 Å². The Morgan fingerprint density at radius 2 is 1.84 bits per heavy atom. The lowest BCUT2D eigenvalue weighted by Gasteiger charge is -2.31. The monoisotopic (exact) mass is 410 g/mol. The zero-order chi connectivity index (χ0) is 13.1. The number of hydrogen-bond acceptors (Lipinski definition) is 2. The minimum Gasteiger partial charge on any atom is -0.398 e. The first-order chi connectivity index (χ1) is 8.58. The highest BCUT2D eigenvalue weighted by Gasteiger charge is 2.19. The number of rotatable bonds is 3. The van der Waals surface area contributed by atoms with Gasteiger partial charge >= 0.3 is 0 Å². The summed E-state index contributed by atoms with van der Waals surface area (Å²) in [7, 11) is 2.21. The average molecular weight is 413 g/mol. The van der Waals surface area contributed by atoms with Crippen LogP contribution < -0.4 is 5.73 Å². The number of benzene rings is 1. The minimum absolute atomic E-state index is 0. The van der Waals surface area contributed by atoms with E-state index in [-0.39, 0.29) is 12.4 Å². The van der Waals surface area contributed by atoms with Gasteiger partial charge in [0.15, 0.2) is 0 Å². The maximum Gasteiger partial charge on any atom is 0.0504 e. The van der Waals surface area contributed by atoms with Crippen LogP contribution in [0.1, 0.15) is 37.7 Å². The molecule has 2 rings (SSSR count). The standard InChI is InChI=1S/C14H20Br2N2.ClH/c1-18(12-5-3-2-4-6-12)9-10-7-11(15)8-13(16)14(10)17;/h7-8,12H,2-6,9,17H2,1H3;1H. The van der Waals surface area contributed by atoms with E-state index in [9.17, 15) is 0 Å². The van der Waals surface area contributed by atoms with Gasteiger partial charge in [-0.15, -0.1) is 12.4 Å². The Morgan fingerprint density at radius 3 is 2.47 bits per heavy atom. The minimum atomic E-state index is 0. The molecule has 1 aromatic rings. The van der Waals surface area contributed by atoms with Crippen LogP contribution in [0.5, 0.6) is 0 Å². The Balaban J connectivity index is 0.00000180. The number of nitrogens with zero attached hydrogens (tertiary/aromatic N) is 1. The fraction of sp³-hybridized carbons (Fsp3) is 0.571. The third kappa shape index (κ3) is 4.62. The highest BCUT2D eigenvalue weighted by molar-refractivity contribution is 9.11. The normalized spacial score (nSPS) is 16.4. The zero-order valence-electron chi connectivity index (χ0n) is 11.2. The van der Waals surface area contributed by atoms with E-state index in [1.54, 1.807) is 0 Å². The largest absolute Gasteiger partial charge is 0.398 e. The molecule has 1 fully saturated rings. The molecule has 19 heavy (non-hydrogen) atoms. The van der Waals surface area contributed by atoms with E-state index in [1.165, 1.54) is 37.7 Å². The van der Waals surface area contributed by atoms with Crippen molar-refractivity contribution in [2.24, 2.45) is 0 Å². The Kier molecular flexibility index (Phi) is 7.15. The summed E-state index contributed by atoms with van der Waals surface area (Å²) in [5, 5.41) is 0. The first-order valence-corrected chi connectivity index (χ1v) is 8.10. The first kappa shape index (κ1) is 17.3. The molecule has 0 unspecified atom stereocenters. The summed E-state index contributed by atoms with van der Waals surface area (Å²) in [6.45, 7) is 0.925. The molecular formula is C14H21Br2ClN2. The predicted octanol–water partition coefficient (Wildman–Crippen LogP) is 4.98. The summed E-state index contributed by atoms with van der Waals surface area (Å²) in [5.74, 6) is 0. The molecule has 0 bridgehead atoms. The van der Waals surface area contributed by atoms with Gasteiger partial charge in [-0.3, -0.25) is 4.90 Å². The molecule has 1 aliphatic carbocycles. The molecule has 0 saturated heterocycles. The molecule has 1 aliphatic rings. The van der Waals surface area contributed by atoms with Gasteiger partial charge in [0.25, 0.3) is 0 Å². The molecule has 1 aromatic carbocycles. The van der Waals surface area contributed by atoms with Crippen LogP contribution in [0.15, 0.2) is 21.1 Å². The molecule has 0 aliphatic heterocycles. The molecule has 5 heteroatoms. The fourth-order valence-corrected chi connectivity index (χ4v) is 4.00. The van der Waals surface area contributed by atoms with E-state index in [4.69, 9.17) is 5.73 Å². The molecule has 0 aromatic heterocycles. The topological polar surface area (TPSA) is 29.3 Å². The van der Waals surface area contributed by atoms with Crippen molar-refractivity contribution < 1.29 is 0 Å². The van der Waals surface area contributed by atoms with Crippen LogP contribution in [0, 0.1) is 0 Å². The van der Waals surface area contributed by atoms with E-state index in [0.717, 1.165) is 27.2 Å². The van der Waals surface area contributed by atoms with E-state index in [2.05, 4.69) is 49.9 Å². The SMILES string of the molecule is CN(Cc1cc(Br)cc(Br)c1N)C1CCCCC1.Cl. The van der Waals surface area contributed by atoms with E-state index >= 15 is 0 Å². The van der Waals surface area contributed by atoms with E-state index in [1.807, 2.05) is 6.07 Å². The van der Waals surface area contributed by atoms with Crippen molar-refractivity contribution in [2.75, 3.05) is 12.8 Å². The van der Waals surface area contributed by atoms with Gasteiger partial charge in [0.2, 0.25) is 0 Å². The average Bonchev–Trinajstić information content (AvgIpc) is 2.36.